The lowest BCUT2D eigenvalue weighted by atomic mass is 9.36. The second-order valence-electron chi connectivity index (χ2n) is 19.5. The molecule has 7 nitrogen and oxygen atoms in total. The van der Waals surface area contributed by atoms with Gasteiger partial charge in [-0.2, -0.15) is 0 Å². The number of rotatable bonds is 9. The molecule has 0 heterocycles. The smallest absolute Gasteiger partial charge is 0.335 e. The molecule has 7 rings (SSSR count). The summed E-state index contributed by atoms with van der Waals surface area (Å²) < 4.78 is 15.3. The number of allylic oxidation sites excluding steroid dienone is 3. The average molecular weight is 743 g/mol. The lowest BCUT2D eigenvalue weighted by molar-refractivity contribution is -0.216. The molecule has 0 aromatic heterocycles. The maximum atomic E-state index is 15.3. The summed E-state index contributed by atoms with van der Waals surface area (Å²) in [5.74, 6) is 0.596. The summed E-state index contributed by atoms with van der Waals surface area (Å²) in [6, 6.07) is 6.58. The summed E-state index contributed by atoms with van der Waals surface area (Å²) in [4.78, 5) is 38.9. The Morgan fingerprint density at radius 2 is 1.57 bits per heavy atom. The van der Waals surface area contributed by atoms with E-state index in [1.165, 1.54) is 30.6 Å². The number of carboxylic acids is 1. The predicted molar refractivity (Wildman–Crippen MR) is 209 cm³/mol. The number of aliphatic hydroxyl groups is 1. The van der Waals surface area contributed by atoms with E-state index in [9.17, 15) is 19.5 Å². The maximum absolute atomic E-state index is 15.3. The SMILES string of the molecule is C=C(C)C1CCC2(C(=O)NCC3CC(C(=O)NCCc4ccc(C(=O)O)cc4)=CC=C3F)CCC3C(CCC4C3(C)CCC3C(C)(C)C(O)CCC34C)C12. The molecule has 1 aromatic carbocycles. The fourth-order valence-electron chi connectivity index (χ4n) is 13.9. The number of amides is 2. The summed E-state index contributed by atoms with van der Waals surface area (Å²) in [5.41, 5.74) is 2.66. The normalized spacial score (nSPS) is 39.4. The van der Waals surface area contributed by atoms with Crippen molar-refractivity contribution in [1.29, 1.82) is 0 Å². The van der Waals surface area contributed by atoms with Crippen LogP contribution in [0, 0.1) is 63.1 Å². The Hall–Kier alpha value is -3.26. The van der Waals surface area contributed by atoms with Crippen molar-refractivity contribution in [1.82, 2.24) is 10.6 Å². The number of hydrogen-bond acceptors (Lipinski definition) is 4. The number of aromatic carboxylic acids is 1. The van der Waals surface area contributed by atoms with Gasteiger partial charge in [-0.15, -0.1) is 0 Å². The molecule has 4 N–H and O–H groups in total. The molecule has 54 heavy (non-hydrogen) atoms. The highest BCUT2D eigenvalue weighted by Crippen LogP contribution is 2.73. The van der Waals surface area contributed by atoms with Gasteiger partial charge in [0, 0.05) is 24.6 Å². The maximum Gasteiger partial charge on any atom is 0.335 e. The Labute approximate surface area is 321 Å². The monoisotopic (exact) mass is 742 g/mol. The molecule has 5 saturated carbocycles. The minimum absolute atomic E-state index is 0.0583. The number of halogens is 1. The van der Waals surface area contributed by atoms with Gasteiger partial charge >= 0.3 is 5.97 Å². The van der Waals surface area contributed by atoms with Crippen molar-refractivity contribution < 1.29 is 29.0 Å². The Morgan fingerprint density at radius 3 is 2.28 bits per heavy atom. The predicted octanol–water partition coefficient (Wildman–Crippen LogP) is 8.59. The summed E-state index contributed by atoms with van der Waals surface area (Å²) in [5, 5.41) is 26.4. The zero-order valence-electron chi connectivity index (χ0n) is 33.2. The molecule has 0 saturated heterocycles. The van der Waals surface area contributed by atoms with E-state index in [4.69, 9.17) is 5.11 Å². The molecule has 0 aliphatic heterocycles. The highest BCUT2D eigenvalue weighted by molar-refractivity contribution is 5.94. The number of carboxylic acid groups (broad SMARTS) is 1. The molecular weight excluding hydrogens is 680 g/mol. The number of carbonyl (C=O) groups is 3. The molecule has 6 aliphatic rings. The van der Waals surface area contributed by atoms with E-state index in [2.05, 4.69) is 51.8 Å². The van der Waals surface area contributed by atoms with Crippen LogP contribution in [0.2, 0.25) is 0 Å². The van der Waals surface area contributed by atoms with Gasteiger partial charge in [-0.25, -0.2) is 9.18 Å². The van der Waals surface area contributed by atoms with Gasteiger partial charge in [-0.05, 0) is 159 Å². The molecule has 294 valence electrons. The van der Waals surface area contributed by atoms with E-state index in [-0.39, 0.29) is 64.4 Å². The standard InChI is InChI=1S/C46H63FN2O5/c1-27(2)32-15-22-46(23-16-34-33(39(32)46)12-14-37-44(34,5)20-17-36-43(3,4)38(50)18-21-45(36,37)6)42(54)49-26-31-25-30(11-13-35(31)47)40(51)48-24-19-28-7-9-29(10-8-28)41(52)53/h7-11,13,31-34,36-39,50H,1,12,14-26H2,2-6H3,(H,48,51)(H,49,54)(H,52,53). The fraction of sp³-hybridized carbons (Fsp3) is 0.674. The Bertz CT molecular complexity index is 1730. The summed E-state index contributed by atoms with van der Waals surface area (Å²) >= 11 is 0. The lowest BCUT2D eigenvalue weighted by Gasteiger charge is -2.69. The van der Waals surface area contributed by atoms with Crippen molar-refractivity contribution in [2.24, 2.45) is 63.1 Å². The van der Waals surface area contributed by atoms with Crippen LogP contribution in [0.1, 0.15) is 121 Å². The first kappa shape index (κ1) is 39.0. The van der Waals surface area contributed by atoms with Crippen molar-refractivity contribution >= 4 is 17.8 Å². The van der Waals surface area contributed by atoms with Gasteiger partial charge in [0.05, 0.1) is 17.1 Å². The van der Waals surface area contributed by atoms with Crippen LogP contribution >= 0.6 is 0 Å². The zero-order valence-corrected chi connectivity index (χ0v) is 33.2. The quantitative estimate of drug-likeness (QED) is 0.189. The van der Waals surface area contributed by atoms with Gasteiger partial charge in [0.2, 0.25) is 11.8 Å². The number of benzene rings is 1. The Kier molecular flexibility index (Phi) is 10.4. The largest absolute Gasteiger partial charge is 0.478 e. The number of nitrogens with one attached hydrogen (secondary N) is 2. The molecule has 1 aromatic rings. The van der Waals surface area contributed by atoms with Gasteiger partial charge in [0.25, 0.3) is 0 Å². The number of fused-ring (bicyclic) bond motifs is 7. The second-order valence-corrected chi connectivity index (χ2v) is 19.5. The van der Waals surface area contributed by atoms with Crippen molar-refractivity contribution in [2.45, 2.75) is 118 Å². The number of carbonyl (C=O) groups excluding carboxylic acids is 2. The third-order valence-corrected chi connectivity index (χ3v) is 16.6. The first-order chi connectivity index (χ1) is 25.5. The highest BCUT2D eigenvalue weighted by atomic mass is 19.1. The van der Waals surface area contributed by atoms with E-state index >= 15 is 4.39 Å². The van der Waals surface area contributed by atoms with Crippen LogP contribution in [-0.4, -0.2) is 47.2 Å². The van der Waals surface area contributed by atoms with Gasteiger partial charge in [-0.1, -0.05) is 58.1 Å². The molecular formula is C46H63FN2O5. The van der Waals surface area contributed by atoms with Crippen LogP contribution in [0.3, 0.4) is 0 Å². The van der Waals surface area contributed by atoms with Crippen molar-refractivity contribution in [2.75, 3.05) is 13.1 Å². The van der Waals surface area contributed by atoms with E-state index in [0.29, 0.717) is 48.1 Å². The van der Waals surface area contributed by atoms with E-state index in [0.717, 1.165) is 56.9 Å². The van der Waals surface area contributed by atoms with Crippen LogP contribution in [0.4, 0.5) is 4.39 Å². The van der Waals surface area contributed by atoms with Crippen molar-refractivity contribution in [3.63, 3.8) is 0 Å². The molecule has 11 unspecified atom stereocenters. The third kappa shape index (κ3) is 6.40. The first-order valence-corrected chi connectivity index (χ1v) is 20.8. The number of hydrogen-bond donors (Lipinski definition) is 4. The Morgan fingerprint density at radius 1 is 0.870 bits per heavy atom. The van der Waals surface area contributed by atoms with Crippen LogP contribution in [0.25, 0.3) is 0 Å². The van der Waals surface area contributed by atoms with Crippen LogP contribution in [0.15, 0.2) is 60.0 Å². The minimum Gasteiger partial charge on any atom is -0.478 e. The first-order valence-electron chi connectivity index (χ1n) is 20.8. The molecule has 6 aliphatic carbocycles. The summed E-state index contributed by atoms with van der Waals surface area (Å²) in [6.45, 7) is 16.9. The minimum atomic E-state index is -0.980. The summed E-state index contributed by atoms with van der Waals surface area (Å²) in [7, 11) is 0. The van der Waals surface area contributed by atoms with Crippen LogP contribution in [-0.2, 0) is 16.0 Å². The van der Waals surface area contributed by atoms with Gasteiger partial charge in [-0.3, -0.25) is 9.59 Å². The molecule has 5 fully saturated rings. The van der Waals surface area contributed by atoms with Crippen LogP contribution in [0.5, 0.6) is 0 Å². The molecule has 0 spiro atoms. The molecule has 0 radical (unpaired) electrons. The topological polar surface area (TPSA) is 116 Å². The van der Waals surface area contributed by atoms with Crippen molar-refractivity contribution in [3.05, 3.63) is 71.1 Å². The summed E-state index contributed by atoms with van der Waals surface area (Å²) in [6.07, 6.45) is 13.8. The highest BCUT2D eigenvalue weighted by Gasteiger charge is 2.68. The Balaban J connectivity index is 1.01. The zero-order chi connectivity index (χ0) is 38.8. The molecule has 2 amide bonds. The molecule has 11 atom stereocenters. The third-order valence-electron chi connectivity index (χ3n) is 16.6. The van der Waals surface area contributed by atoms with Crippen molar-refractivity contribution in [3.8, 4) is 0 Å². The van der Waals surface area contributed by atoms with E-state index in [1.54, 1.807) is 24.3 Å². The fourth-order valence-corrected chi connectivity index (χ4v) is 13.9. The molecule has 8 heteroatoms. The van der Waals surface area contributed by atoms with Gasteiger partial charge in [0.1, 0.15) is 5.83 Å². The molecule has 0 bridgehead atoms. The van der Waals surface area contributed by atoms with E-state index in [1.807, 2.05) is 0 Å². The van der Waals surface area contributed by atoms with E-state index < -0.39 is 17.3 Å². The van der Waals surface area contributed by atoms with Gasteiger partial charge < -0.3 is 20.8 Å². The lowest BCUT2D eigenvalue weighted by Crippen LogP contribution is -2.64. The van der Waals surface area contributed by atoms with Crippen LogP contribution < -0.4 is 10.6 Å². The van der Waals surface area contributed by atoms with Gasteiger partial charge in [0.15, 0.2) is 0 Å². The second kappa shape index (κ2) is 14.4. The number of aliphatic hydroxyl groups excluding tert-OH is 1. The average Bonchev–Trinajstić information content (AvgIpc) is 3.55.